The van der Waals surface area contributed by atoms with Gasteiger partial charge in [-0.3, -0.25) is 9.59 Å². The Hall–Kier alpha value is -2.50. The summed E-state index contributed by atoms with van der Waals surface area (Å²) in [4.78, 5) is 24.9. The second-order valence-corrected chi connectivity index (χ2v) is 4.86. The van der Waals surface area contributed by atoms with Crippen LogP contribution in [0.15, 0.2) is 18.7 Å². The summed E-state index contributed by atoms with van der Waals surface area (Å²) < 4.78 is 15.1. The smallest absolute Gasteiger partial charge is 0.315 e. The topological polar surface area (TPSA) is 65.1 Å². The number of nitrogens with zero attached hydrogens (tertiary/aromatic N) is 1. The van der Waals surface area contributed by atoms with Crippen LogP contribution < -0.4 is 9.47 Å². The molecule has 0 fully saturated rings. The number of carbonyl (C=O) groups excluding carboxylic acids is 2. The van der Waals surface area contributed by atoms with Crippen molar-refractivity contribution in [2.45, 2.75) is 12.8 Å². The summed E-state index contributed by atoms with van der Waals surface area (Å²) in [6.45, 7) is 4.45. The molecule has 1 aliphatic rings. The number of ether oxygens (including phenoxy) is 3. The Labute approximate surface area is 129 Å². The number of amides is 1. The molecule has 0 saturated carbocycles. The first-order valence-electron chi connectivity index (χ1n) is 6.83. The number of hydrogen-bond donors (Lipinski definition) is 0. The van der Waals surface area contributed by atoms with Crippen molar-refractivity contribution in [3.05, 3.63) is 29.8 Å². The molecule has 118 valence electrons. The van der Waals surface area contributed by atoms with Gasteiger partial charge in [-0.05, 0) is 24.1 Å². The Kier molecular flexibility index (Phi) is 4.70. The Morgan fingerprint density at radius 2 is 1.82 bits per heavy atom. The Morgan fingerprint density at radius 1 is 1.18 bits per heavy atom. The van der Waals surface area contributed by atoms with Gasteiger partial charge in [-0.15, -0.1) is 0 Å². The Morgan fingerprint density at radius 3 is 2.41 bits per heavy atom. The number of fused-ring (bicyclic) bond motifs is 1. The predicted molar refractivity (Wildman–Crippen MR) is 80.6 cm³/mol. The maximum atomic E-state index is 12.2. The van der Waals surface area contributed by atoms with Crippen LogP contribution in [-0.2, 0) is 20.7 Å². The molecular weight excluding hydrogens is 286 g/mol. The van der Waals surface area contributed by atoms with Crippen LogP contribution in [0, 0.1) is 0 Å². The van der Waals surface area contributed by atoms with Crippen molar-refractivity contribution in [1.82, 2.24) is 4.90 Å². The predicted octanol–water partition coefficient (Wildman–Crippen LogP) is 1.62. The largest absolute Gasteiger partial charge is 0.493 e. The monoisotopic (exact) mass is 305 g/mol. The van der Waals surface area contributed by atoms with Crippen molar-refractivity contribution in [3.8, 4) is 11.5 Å². The van der Waals surface area contributed by atoms with Crippen molar-refractivity contribution < 1.29 is 23.8 Å². The fraction of sp³-hybridized carbons (Fsp3) is 0.375. The molecule has 6 heteroatoms. The van der Waals surface area contributed by atoms with Crippen LogP contribution in [0.2, 0.25) is 0 Å². The van der Waals surface area contributed by atoms with Gasteiger partial charge in [0.15, 0.2) is 11.5 Å². The highest BCUT2D eigenvalue weighted by molar-refractivity contribution is 5.98. The van der Waals surface area contributed by atoms with Gasteiger partial charge in [0, 0.05) is 17.8 Å². The lowest BCUT2D eigenvalue weighted by molar-refractivity contribution is -0.145. The standard InChI is InChI=1S/C16H19NO5/c1-10-12-8-14(21-3)13(20-2)7-11(12)5-6-17(10)15(18)9-16(19)22-4/h7-8H,1,5-6,9H2,2-4H3. The van der Waals surface area contributed by atoms with Crippen molar-refractivity contribution >= 4 is 17.6 Å². The first kappa shape index (κ1) is 15.9. The molecule has 1 heterocycles. The Bertz CT molecular complexity index is 623. The van der Waals surface area contributed by atoms with Gasteiger partial charge in [0.1, 0.15) is 6.42 Å². The zero-order valence-corrected chi connectivity index (χ0v) is 13.0. The summed E-state index contributed by atoms with van der Waals surface area (Å²) in [6.07, 6.45) is 0.361. The minimum absolute atomic E-state index is 0.294. The van der Waals surface area contributed by atoms with E-state index in [-0.39, 0.29) is 12.3 Å². The molecule has 0 aliphatic carbocycles. The number of rotatable bonds is 4. The van der Waals surface area contributed by atoms with Gasteiger partial charge in [0.05, 0.1) is 21.3 Å². The summed E-state index contributed by atoms with van der Waals surface area (Å²) in [6, 6.07) is 3.69. The summed E-state index contributed by atoms with van der Waals surface area (Å²) in [5.41, 5.74) is 2.41. The van der Waals surface area contributed by atoms with Crippen molar-refractivity contribution in [1.29, 1.82) is 0 Å². The lowest BCUT2D eigenvalue weighted by Gasteiger charge is -2.31. The highest BCUT2D eigenvalue weighted by atomic mass is 16.5. The lowest BCUT2D eigenvalue weighted by Crippen LogP contribution is -2.35. The number of hydrogen-bond acceptors (Lipinski definition) is 5. The van der Waals surface area contributed by atoms with Crippen LogP contribution in [0.3, 0.4) is 0 Å². The number of benzene rings is 1. The van der Waals surface area contributed by atoms with E-state index >= 15 is 0 Å². The van der Waals surface area contributed by atoms with Gasteiger partial charge in [0.25, 0.3) is 0 Å². The van der Waals surface area contributed by atoms with Gasteiger partial charge in [-0.2, -0.15) is 0 Å². The average molecular weight is 305 g/mol. The zero-order valence-electron chi connectivity index (χ0n) is 13.0. The molecule has 1 aromatic carbocycles. The third-order valence-electron chi connectivity index (χ3n) is 3.68. The zero-order chi connectivity index (χ0) is 16.3. The van der Waals surface area contributed by atoms with Gasteiger partial charge >= 0.3 is 5.97 Å². The third kappa shape index (κ3) is 2.90. The number of esters is 1. The van der Waals surface area contributed by atoms with Gasteiger partial charge < -0.3 is 19.1 Å². The minimum atomic E-state index is -0.559. The number of carbonyl (C=O) groups is 2. The second-order valence-electron chi connectivity index (χ2n) is 4.86. The molecular formula is C16H19NO5. The molecule has 0 bridgehead atoms. The molecule has 1 amide bonds. The van der Waals surface area contributed by atoms with E-state index in [1.165, 1.54) is 12.0 Å². The third-order valence-corrected chi connectivity index (χ3v) is 3.68. The van der Waals surface area contributed by atoms with E-state index in [9.17, 15) is 9.59 Å². The summed E-state index contributed by atoms with van der Waals surface area (Å²) in [5.74, 6) is 0.334. The minimum Gasteiger partial charge on any atom is -0.493 e. The first-order chi connectivity index (χ1) is 10.5. The molecule has 0 spiro atoms. The van der Waals surface area contributed by atoms with Crippen LogP contribution in [-0.4, -0.2) is 44.7 Å². The van der Waals surface area contributed by atoms with Crippen LogP contribution in [0.1, 0.15) is 17.5 Å². The van der Waals surface area contributed by atoms with Gasteiger partial charge in [-0.25, -0.2) is 0 Å². The maximum Gasteiger partial charge on any atom is 0.315 e. The molecule has 0 saturated heterocycles. The molecule has 0 radical (unpaired) electrons. The van der Waals surface area contributed by atoms with E-state index in [0.717, 1.165) is 11.1 Å². The van der Waals surface area contributed by atoms with E-state index < -0.39 is 5.97 Å². The molecule has 0 unspecified atom stereocenters. The highest BCUT2D eigenvalue weighted by Crippen LogP contribution is 2.37. The van der Waals surface area contributed by atoms with E-state index in [4.69, 9.17) is 9.47 Å². The highest BCUT2D eigenvalue weighted by Gasteiger charge is 2.27. The summed E-state index contributed by atoms with van der Waals surface area (Å²) >= 11 is 0. The molecule has 0 atom stereocenters. The van der Waals surface area contributed by atoms with E-state index in [2.05, 4.69) is 11.3 Å². The normalized spacial score (nSPS) is 13.4. The summed E-state index contributed by atoms with van der Waals surface area (Å²) in [7, 11) is 4.39. The van der Waals surface area contributed by atoms with Crippen molar-refractivity contribution in [3.63, 3.8) is 0 Å². The van der Waals surface area contributed by atoms with Crippen LogP contribution in [0.25, 0.3) is 5.70 Å². The second kappa shape index (κ2) is 6.51. The molecule has 1 aromatic rings. The Balaban J connectivity index is 2.29. The van der Waals surface area contributed by atoms with E-state index in [1.807, 2.05) is 6.07 Å². The maximum absolute atomic E-state index is 12.2. The molecule has 22 heavy (non-hydrogen) atoms. The quantitative estimate of drug-likeness (QED) is 0.625. The first-order valence-corrected chi connectivity index (χ1v) is 6.83. The fourth-order valence-electron chi connectivity index (χ4n) is 2.48. The lowest BCUT2D eigenvalue weighted by atomic mass is 9.96. The number of methoxy groups -OCH3 is 3. The van der Waals surface area contributed by atoms with Gasteiger partial charge in [-0.1, -0.05) is 6.58 Å². The SMILES string of the molecule is C=C1c2cc(OC)c(OC)cc2CCN1C(=O)CC(=O)OC. The average Bonchev–Trinajstić information content (AvgIpc) is 2.53. The van der Waals surface area contributed by atoms with E-state index in [0.29, 0.717) is 30.2 Å². The van der Waals surface area contributed by atoms with Crippen molar-refractivity contribution in [2.24, 2.45) is 0 Å². The summed E-state index contributed by atoms with van der Waals surface area (Å²) in [5, 5.41) is 0. The molecule has 1 aliphatic heterocycles. The molecule has 0 N–H and O–H groups in total. The molecule has 6 nitrogen and oxygen atoms in total. The van der Waals surface area contributed by atoms with Crippen LogP contribution in [0.4, 0.5) is 0 Å². The molecule has 0 aromatic heterocycles. The molecule has 2 rings (SSSR count). The van der Waals surface area contributed by atoms with Crippen LogP contribution >= 0.6 is 0 Å². The van der Waals surface area contributed by atoms with Crippen LogP contribution in [0.5, 0.6) is 11.5 Å². The van der Waals surface area contributed by atoms with E-state index in [1.54, 1.807) is 20.3 Å². The fourth-order valence-corrected chi connectivity index (χ4v) is 2.48. The van der Waals surface area contributed by atoms with Gasteiger partial charge in [0.2, 0.25) is 5.91 Å². The van der Waals surface area contributed by atoms with Crippen molar-refractivity contribution in [2.75, 3.05) is 27.9 Å².